The van der Waals surface area contributed by atoms with E-state index in [1.54, 1.807) is 6.07 Å². The quantitative estimate of drug-likeness (QED) is 0.642. The van der Waals surface area contributed by atoms with E-state index in [0.717, 1.165) is 16.3 Å². The summed E-state index contributed by atoms with van der Waals surface area (Å²) in [5, 5.41) is 15.3. The first-order chi connectivity index (χ1) is 12.9. The van der Waals surface area contributed by atoms with Gasteiger partial charge in [0.1, 0.15) is 5.56 Å². The molecule has 0 saturated heterocycles. The second kappa shape index (κ2) is 7.49. The van der Waals surface area contributed by atoms with Gasteiger partial charge in [-0.05, 0) is 37.5 Å². The van der Waals surface area contributed by atoms with E-state index in [4.69, 9.17) is 0 Å². The van der Waals surface area contributed by atoms with Crippen LogP contribution < -0.4 is 15.9 Å². The number of carbonyl (C=O) groups is 2. The molecule has 0 bridgehead atoms. The number of hydrogen-bond donors (Lipinski definition) is 1. The van der Waals surface area contributed by atoms with Crippen molar-refractivity contribution in [1.29, 1.82) is 0 Å². The van der Waals surface area contributed by atoms with Crippen molar-refractivity contribution in [2.45, 2.75) is 20.3 Å². The van der Waals surface area contributed by atoms with Gasteiger partial charge < -0.3 is 5.32 Å². The van der Waals surface area contributed by atoms with Crippen LogP contribution >= 0.6 is 0 Å². The molecule has 0 aliphatic carbocycles. The Morgan fingerprint density at radius 1 is 1.19 bits per heavy atom. The van der Waals surface area contributed by atoms with Gasteiger partial charge in [0.2, 0.25) is 0 Å². The highest BCUT2D eigenvalue weighted by Gasteiger charge is 2.22. The maximum Gasteiger partial charge on any atom is 0.282 e. The molecule has 0 radical (unpaired) electrons. The molecule has 2 aromatic rings. The summed E-state index contributed by atoms with van der Waals surface area (Å²) < 4.78 is 0. The fourth-order valence-corrected chi connectivity index (χ4v) is 3.11. The van der Waals surface area contributed by atoms with Crippen LogP contribution in [-0.4, -0.2) is 23.3 Å². The minimum absolute atomic E-state index is 0.00273. The molecule has 1 aliphatic heterocycles. The maximum atomic E-state index is 12.3. The summed E-state index contributed by atoms with van der Waals surface area (Å²) in [4.78, 5) is 39.2. The first-order valence-corrected chi connectivity index (χ1v) is 8.60. The molecule has 1 N–H and O–H groups in total. The topological polar surface area (TPSA) is 102 Å². The number of nitrogens with zero attached hydrogens (tertiary/aromatic N) is 2. The third kappa shape index (κ3) is 3.76. The number of fused-ring (bicyclic) bond motifs is 1. The molecule has 7 heteroatoms. The molecule has 0 aromatic heterocycles. The van der Waals surface area contributed by atoms with E-state index in [9.17, 15) is 19.7 Å². The van der Waals surface area contributed by atoms with Crippen molar-refractivity contribution in [3.05, 3.63) is 73.8 Å². The van der Waals surface area contributed by atoms with Gasteiger partial charge >= 0.3 is 0 Å². The standard InChI is InChI=1S/C20H19N3O4/c1-12-7-8-13(2)18-16(12)11-14(19(24)22-18)9-10-21-20(25)15-5-3-4-6-17(15)23(26)27/h3-8,11,14H,9-10H2,1-2H3,(H,21,25). The molecule has 1 atom stereocenters. The van der Waals surface area contributed by atoms with Crippen molar-refractivity contribution >= 4 is 23.6 Å². The lowest BCUT2D eigenvalue weighted by atomic mass is 9.97. The molecular weight excluding hydrogens is 346 g/mol. The van der Waals surface area contributed by atoms with Crippen molar-refractivity contribution < 1.29 is 14.5 Å². The molecule has 1 aliphatic rings. The molecule has 138 valence electrons. The Kier molecular flexibility index (Phi) is 5.12. The van der Waals surface area contributed by atoms with Crippen LogP contribution in [0.25, 0.3) is 6.08 Å². The number of carbonyl (C=O) groups excluding carboxylic acids is 2. The molecule has 0 saturated carbocycles. The SMILES string of the molecule is Cc1ccc(C)c2c1=CC(CCNC(=O)c1ccccc1[N+](=O)[O-])C(=O)N=2. The average molecular weight is 365 g/mol. The van der Waals surface area contributed by atoms with Crippen LogP contribution in [-0.2, 0) is 4.79 Å². The van der Waals surface area contributed by atoms with E-state index in [0.29, 0.717) is 11.8 Å². The van der Waals surface area contributed by atoms with Crippen molar-refractivity contribution in [3.8, 4) is 0 Å². The monoisotopic (exact) mass is 365 g/mol. The Bertz CT molecular complexity index is 1060. The van der Waals surface area contributed by atoms with Gasteiger partial charge in [-0.1, -0.05) is 30.3 Å². The molecule has 7 nitrogen and oxygen atoms in total. The Morgan fingerprint density at radius 3 is 2.63 bits per heavy atom. The number of benzene rings is 2. The number of para-hydroxylation sites is 1. The van der Waals surface area contributed by atoms with Crippen molar-refractivity contribution in [1.82, 2.24) is 5.32 Å². The lowest BCUT2D eigenvalue weighted by Gasteiger charge is -2.14. The zero-order valence-corrected chi connectivity index (χ0v) is 15.1. The summed E-state index contributed by atoms with van der Waals surface area (Å²) >= 11 is 0. The molecular formula is C20H19N3O4. The van der Waals surface area contributed by atoms with Gasteiger partial charge in [-0.25, -0.2) is 4.99 Å². The highest BCUT2D eigenvalue weighted by molar-refractivity contribution is 5.98. The zero-order valence-electron chi connectivity index (χ0n) is 15.1. The summed E-state index contributed by atoms with van der Waals surface area (Å²) in [6.07, 6.45) is 2.27. The van der Waals surface area contributed by atoms with Gasteiger partial charge in [0.05, 0.1) is 16.2 Å². The Balaban J connectivity index is 1.72. The lowest BCUT2D eigenvalue weighted by Crippen LogP contribution is -2.38. The third-order valence-corrected chi connectivity index (χ3v) is 4.63. The van der Waals surface area contributed by atoms with Crippen LogP contribution in [0.3, 0.4) is 0 Å². The fraction of sp³-hybridized carbons (Fsp3) is 0.250. The van der Waals surface area contributed by atoms with E-state index in [1.807, 2.05) is 32.1 Å². The first-order valence-electron chi connectivity index (χ1n) is 8.60. The fourth-order valence-electron chi connectivity index (χ4n) is 3.11. The maximum absolute atomic E-state index is 12.3. The van der Waals surface area contributed by atoms with E-state index >= 15 is 0 Å². The van der Waals surface area contributed by atoms with Crippen LogP contribution in [0.1, 0.15) is 27.9 Å². The highest BCUT2D eigenvalue weighted by atomic mass is 16.6. The molecule has 2 aromatic carbocycles. The van der Waals surface area contributed by atoms with Gasteiger partial charge in [0, 0.05) is 17.8 Å². The summed E-state index contributed by atoms with van der Waals surface area (Å²) in [5.41, 5.74) is 1.75. The van der Waals surface area contributed by atoms with Crippen LogP contribution in [0.4, 0.5) is 5.69 Å². The predicted molar refractivity (Wildman–Crippen MR) is 99.7 cm³/mol. The smallest absolute Gasteiger partial charge is 0.282 e. The highest BCUT2D eigenvalue weighted by Crippen LogP contribution is 2.17. The van der Waals surface area contributed by atoms with Crippen molar-refractivity contribution in [2.75, 3.05) is 6.54 Å². The first kappa shape index (κ1) is 18.4. The van der Waals surface area contributed by atoms with Gasteiger partial charge in [-0.15, -0.1) is 0 Å². The Morgan fingerprint density at radius 2 is 1.89 bits per heavy atom. The van der Waals surface area contributed by atoms with Crippen molar-refractivity contribution in [2.24, 2.45) is 10.9 Å². The van der Waals surface area contributed by atoms with Gasteiger partial charge in [0.25, 0.3) is 17.5 Å². The number of amides is 2. The Hall–Kier alpha value is -3.35. The number of nitro benzene ring substituents is 1. The van der Waals surface area contributed by atoms with Crippen molar-refractivity contribution in [3.63, 3.8) is 0 Å². The van der Waals surface area contributed by atoms with Crippen LogP contribution in [0.5, 0.6) is 0 Å². The summed E-state index contributed by atoms with van der Waals surface area (Å²) in [7, 11) is 0. The third-order valence-electron chi connectivity index (χ3n) is 4.63. The number of rotatable bonds is 5. The molecule has 1 heterocycles. The Labute approximate surface area is 155 Å². The zero-order chi connectivity index (χ0) is 19.6. The van der Waals surface area contributed by atoms with Gasteiger partial charge in [0.15, 0.2) is 0 Å². The lowest BCUT2D eigenvalue weighted by molar-refractivity contribution is -0.385. The summed E-state index contributed by atoms with van der Waals surface area (Å²) in [6, 6.07) is 9.70. The number of nitrogens with one attached hydrogen (secondary N) is 1. The van der Waals surface area contributed by atoms with E-state index < -0.39 is 16.7 Å². The van der Waals surface area contributed by atoms with E-state index in [-0.39, 0.29) is 23.7 Å². The molecule has 0 spiro atoms. The van der Waals surface area contributed by atoms with Crippen LogP contribution in [0.15, 0.2) is 41.4 Å². The molecule has 0 fully saturated rings. The number of nitro groups is 1. The molecule has 27 heavy (non-hydrogen) atoms. The summed E-state index contributed by atoms with van der Waals surface area (Å²) in [5.74, 6) is -1.20. The average Bonchev–Trinajstić information content (AvgIpc) is 2.65. The summed E-state index contributed by atoms with van der Waals surface area (Å²) in [6.45, 7) is 4.09. The number of aryl methyl sites for hydroxylation is 2. The minimum Gasteiger partial charge on any atom is -0.352 e. The van der Waals surface area contributed by atoms with Gasteiger partial charge in [-0.3, -0.25) is 19.7 Å². The van der Waals surface area contributed by atoms with Crippen LogP contribution in [0, 0.1) is 29.9 Å². The minimum atomic E-state index is -0.589. The molecule has 1 unspecified atom stereocenters. The number of hydrogen-bond acceptors (Lipinski definition) is 4. The largest absolute Gasteiger partial charge is 0.352 e. The van der Waals surface area contributed by atoms with Gasteiger partial charge in [-0.2, -0.15) is 0 Å². The van der Waals surface area contributed by atoms with Crippen LogP contribution in [0.2, 0.25) is 0 Å². The second-order valence-corrected chi connectivity index (χ2v) is 6.50. The normalized spacial score (nSPS) is 15.3. The predicted octanol–water partition coefficient (Wildman–Crippen LogP) is 1.59. The second-order valence-electron chi connectivity index (χ2n) is 6.50. The van der Waals surface area contributed by atoms with E-state index in [2.05, 4.69) is 10.3 Å². The molecule has 2 amide bonds. The molecule has 3 rings (SSSR count). The van der Waals surface area contributed by atoms with E-state index in [1.165, 1.54) is 18.2 Å².